The number of aromatic nitrogens is 3. The van der Waals surface area contributed by atoms with E-state index in [2.05, 4.69) is 27.5 Å². The lowest BCUT2D eigenvalue weighted by Gasteiger charge is -2.32. The number of amides is 1. The van der Waals surface area contributed by atoms with Crippen molar-refractivity contribution in [1.82, 2.24) is 15.0 Å². The first-order chi connectivity index (χ1) is 13.6. The first kappa shape index (κ1) is 18.2. The molecule has 7 heteroatoms. The van der Waals surface area contributed by atoms with E-state index in [0.717, 1.165) is 23.7 Å². The van der Waals surface area contributed by atoms with Crippen LogP contribution >= 0.6 is 0 Å². The van der Waals surface area contributed by atoms with Gasteiger partial charge in [-0.2, -0.15) is 0 Å². The SMILES string of the molecule is CC1CCN(c2ccc(NC(=O)Cn3nnc4ccccc4c3=O)cc2)CC1. The molecule has 3 aromatic rings. The molecular formula is C21H23N5O2. The van der Waals surface area contributed by atoms with Crippen molar-refractivity contribution in [3.63, 3.8) is 0 Å². The van der Waals surface area contributed by atoms with Gasteiger partial charge in [-0.15, -0.1) is 5.10 Å². The molecule has 0 aliphatic carbocycles. The highest BCUT2D eigenvalue weighted by Gasteiger charge is 2.16. The third-order valence-electron chi connectivity index (χ3n) is 5.22. The molecule has 28 heavy (non-hydrogen) atoms. The van der Waals surface area contributed by atoms with Crippen LogP contribution in [0.5, 0.6) is 0 Å². The van der Waals surface area contributed by atoms with E-state index in [4.69, 9.17) is 0 Å². The van der Waals surface area contributed by atoms with Crippen molar-refractivity contribution in [2.75, 3.05) is 23.3 Å². The fraction of sp³-hybridized carbons (Fsp3) is 0.333. The Morgan fingerprint density at radius 2 is 1.82 bits per heavy atom. The molecule has 7 nitrogen and oxygen atoms in total. The Hall–Kier alpha value is -3.22. The van der Waals surface area contributed by atoms with Crippen molar-refractivity contribution in [2.45, 2.75) is 26.3 Å². The number of hydrogen-bond donors (Lipinski definition) is 1. The Morgan fingerprint density at radius 1 is 1.11 bits per heavy atom. The summed E-state index contributed by atoms with van der Waals surface area (Å²) < 4.78 is 1.08. The number of anilines is 2. The topological polar surface area (TPSA) is 80.1 Å². The minimum atomic E-state index is -0.324. The second kappa shape index (κ2) is 7.80. The average Bonchev–Trinajstić information content (AvgIpc) is 2.71. The smallest absolute Gasteiger partial charge is 0.278 e. The Kier molecular flexibility index (Phi) is 5.06. The van der Waals surface area contributed by atoms with Crippen molar-refractivity contribution in [3.8, 4) is 0 Å². The van der Waals surface area contributed by atoms with Crippen molar-refractivity contribution in [2.24, 2.45) is 5.92 Å². The van der Waals surface area contributed by atoms with E-state index in [1.165, 1.54) is 18.5 Å². The van der Waals surface area contributed by atoms with Gasteiger partial charge < -0.3 is 10.2 Å². The van der Waals surface area contributed by atoms with E-state index in [9.17, 15) is 9.59 Å². The maximum absolute atomic E-state index is 12.4. The minimum Gasteiger partial charge on any atom is -0.372 e. The van der Waals surface area contributed by atoms with Crippen LogP contribution in [0.15, 0.2) is 53.3 Å². The summed E-state index contributed by atoms with van der Waals surface area (Å²) in [6, 6.07) is 14.8. The van der Waals surface area contributed by atoms with Gasteiger partial charge >= 0.3 is 0 Å². The predicted molar refractivity (Wildman–Crippen MR) is 109 cm³/mol. The zero-order valence-electron chi connectivity index (χ0n) is 15.8. The Balaban J connectivity index is 1.41. The highest BCUT2D eigenvalue weighted by Crippen LogP contribution is 2.24. The van der Waals surface area contributed by atoms with Gasteiger partial charge in [0.15, 0.2) is 0 Å². The van der Waals surface area contributed by atoms with E-state index in [1.54, 1.807) is 24.3 Å². The molecule has 0 saturated carbocycles. The van der Waals surface area contributed by atoms with Crippen LogP contribution in [0.2, 0.25) is 0 Å². The molecule has 0 atom stereocenters. The zero-order chi connectivity index (χ0) is 19.5. The highest BCUT2D eigenvalue weighted by atomic mass is 16.2. The van der Waals surface area contributed by atoms with Crippen molar-refractivity contribution in [3.05, 3.63) is 58.9 Å². The molecule has 1 saturated heterocycles. The summed E-state index contributed by atoms with van der Waals surface area (Å²) >= 11 is 0. The van der Waals surface area contributed by atoms with E-state index in [-0.39, 0.29) is 18.0 Å². The van der Waals surface area contributed by atoms with Crippen LogP contribution in [0.4, 0.5) is 11.4 Å². The molecule has 0 unspecified atom stereocenters. The lowest BCUT2D eigenvalue weighted by atomic mass is 9.99. The maximum Gasteiger partial charge on any atom is 0.278 e. The van der Waals surface area contributed by atoms with E-state index in [0.29, 0.717) is 16.6 Å². The second-order valence-electron chi connectivity index (χ2n) is 7.33. The molecule has 1 N–H and O–H groups in total. The standard InChI is InChI=1S/C21H23N5O2/c1-15-10-12-25(13-11-15)17-8-6-16(7-9-17)22-20(27)14-26-21(28)18-4-2-3-5-19(18)23-24-26/h2-9,15H,10-14H2,1H3,(H,22,27). The Morgan fingerprint density at radius 3 is 2.57 bits per heavy atom. The van der Waals surface area contributed by atoms with Crippen LogP contribution in [-0.2, 0) is 11.3 Å². The van der Waals surface area contributed by atoms with Gasteiger partial charge in [-0.1, -0.05) is 24.3 Å². The number of fused-ring (bicyclic) bond motifs is 1. The molecule has 0 bridgehead atoms. The minimum absolute atomic E-state index is 0.178. The number of piperidine rings is 1. The Bertz CT molecular complexity index is 1040. The summed E-state index contributed by atoms with van der Waals surface area (Å²) in [5, 5.41) is 11.1. The van der Waals surface area contributed by atoms with Crippen molar-refractivity contribution in [1.29, 1.82) is 0 Å². The first-order valence-corrected chi connectivity index (χ1v) is 9.57. The molecule has 1 fully saturated rings. The van der Waals surface area contributed by atoms with E-state index >= 15 is 0 Å². The van der Waals surface area contributed by atoms with Crippen molar-refractivity contribution < 1.29 is 4.79 Å². The van der Waals surface area contributed by atoms with Crippen molar-refractivity contribution >= 4 is 28.2 Å². The summed E-state index contributed by atoms with van der Waals surface area (Å²) in [5.41, 5.74) is 2.06. The van der Waals surface area contributed by atoms with Crippen LogP contribution in [-0.4, -0.2) is 34.0 Å². The van der Waals surface area contributed by atoms with Gasteiger partial charge in [-0.3, -0.25) is 9.59 Å². The summed E-state index contributed by atoms with van der Waals surface area (Å²) in [4.78, 5) is 27.1. The van der Waals surface area contributed by atoms with Crippen LogP contribution in [0.3, 0.4) is 0 Å². The zero-order valence-corrected chi connectivity index (χ0v) is 15.8. The molecular weight excluding hydrogens is 354 g/mol. The summed E-state index contributed by atoms with van der Waals surface area (Å²) in [5.74, 6) is 0.475. The molecule has 4 rings (SSSR count). The number of nitrogens with zero attached hydrogens (tertiary/aromatic N) is 4. The van der Waals surface area contributed by atoms with Gasteiger partial charge in [-0.05, 0) is 55.2 Å². The number of carbonyl (C=O) groups excluding carboxylic acids is 1. The third-order valence-corrected chi connectivity index (χ3v) is 5.22. The predicted octanol–water partition coefficient (Wildman–Crippen LogP) is 2.67. The maximum atomic E-state index is 12.4. The molecule has 1 amide bonds. The quantitative estimate of drug-likeness (QED) is 0.756. The number of nitrogens with one attached hydrogen (secondary N) is 1. The van der Waals surface area contributed by atoms with Crippen LogP contribution in [0.25, 0.3) is 10.9 Å². The molecule has 144 valence electrons. The molecule has 0 spiro atoms. The van der Waals surface area contributed by atoms with Crippen LogP contribution < -0.4 is 15.8 Å². The Labute approximate surface area is 163 Å². The van der Waals surface area contributed by atoms with Gasteiger partial charge in [0.2, 0.25) is 5.91 Å². The fourth-order valence-electron chi connectivity index (χ4n) is 3.49. The van der Waals surface area contributed by atoms with Gasteiger partial charge in [0.1, 0.15) is 12.1 Å². The van der Waals surface area contributed by atoms with Crippen LogP contribution in [0, 0.1) is 5.92 Å². The summed E-state index contributed by atoms with van der Waals surface area (Å²) in [7, 11) is 0. The molecule has 2 heterocycles. The van der Waals surface area contributed by atoms with E-state index in [1.807, 2.05) is 24.3 Å². The largest absolute Gasteiger partial charge is 0.372 e. The number of rotatable bonds is 4. The summed E-state index contributed by atoms with van der Waals surface area (Å²) in [6.45, 7) is 4.25. The molecule has 1 aliphatic heterocycles. The van der Waals surface area contributed by atoms with Gasteiger partial charge in [0, 0.05) is 24.5 Å². The van der Waals surface area contributed by atoms with E-state index < -0.39 is 0 Å². The monoisotopic (exact) mass is 377 g/mol. The number of hydrogen-bond acceptors (Lipinski definition) is 5. The number of carbonyl (C=O) groups is 1. The normalized spacial score (nSPS) is 15.0. The fourth-order valence-corrected chi connectivity index (χ4v) is 3.49. The molecule has 1 aromatic heterocycles. The number of benzene rings is 2. The van der Waals surface area contributed by atoms with Gasteiger partial charge in [0.25, 0.3) is 5.56 Å². The highest BCUT2D eigenvalue weighted by molar-refractivity contribution is 5.90. The molecule has 0 radical (unpaired) electrons. The van der Waals surface area contributed by atoms with Gasteiger partial charge in [-0.25, -0.2) is 4.68 Å². The first-order valence-electron chi connectivity index (χ1n) is 9.57. The van der Waals surface area contributed by atoms with Crippen LogP contribution in [0.1, 0.15) is 19.8 Å². The third kappa shape index (κ3) is 3.88. The lowest BCUT2D eigenvalue weighted by molar-refractivity contribution is -0.117. The second-order valence-corrected chi connectivity index (χ2v) is 7.33. The molecule has 1 aliphatic rings. The molecule has 2 aromatic carbocycles. The lowest BCUT2D eigenvalue weighted by Crippen LogP contribution is -2.32. The van der Waals surface area contributed by atoms with Gasteiger partial charge in [0.05, 0.1) is 5.39 Å². The average molecular weight is 377 g/mol. The summed E-state index contributed by atoms with van der Waals surface area (Å²) in [6.07, 6.45) is 2.42.